The molecule has 0 radical (unpaired) electrons. The smallest absolute Gasteiger partial charge is 0.238 e. The number of anilines is 1. The third-order valence-corrected chi connectivity index (χ3v) is 3.19. The SMILES string of the molecule is CC(C)c1ccccc1NC(=O)CNCc1cccnc1. The lowest BCUT2D eigenvalue weighted by Gasteiger charge is -2.13. The summed E-state index contributed by atoms with van der Waals surface area (Å²) < 4.78 is 0. The van der Waals surface area contributed by atoms with Gasteiger partial charge in [0.2, 0.25) is 5.91 Å². The van der Waals surface area contributed by atoms with Crippen molar-refractivity contribution in [3.8, 4) is 0 Å². The summed E-state index contributed by atoms with van der Waals surface area (Å²) in [5.41, 5.74) is 3.10. The Hall–Kier alpha value is -2.20. The highest BCUT2D eigenvalue weighted by atomic mass is 16.1. The number of rotatable bonds is 6. The Bertz CT molecular complexity index is 582. The van der Waals surface area contributed by atoms with Crippen LogP contribution in [0.15, 0.2) is 48.8 Å². The summed E-state index contributed by atoms with van der Waals surface area (Å²) in [6, 6.07) is 11.8. The van der Waals surface area contributed by atoms with Crippen LogP contribution in [0.1, 0.15) is 30.9 Å². The van der Waals surface area contributed by atoms with Crippen molar-refractivity contribution >= 4 is 11.6 Å². The summed E-state index contributed by atoms with van der Waals surface area (Å²) in [6.07, 6.45) is 3.53. The molecule has 0 aliphatic carbocycles. The molecule has 2 aromatic rings. The van der Waals surface area contributed by atoms with E-state index in [4.69, 9.17) is 0 Å². The number of hydrogen-bond acceptors (Lipinski definition) is 3. The molecule has 1 aromatic carbocycles. The van der Waals surface area contributed by atoms with E-state index in [0.717, 1.165) is 16.8 Å². The molecule has 0 fully saturated rings. The Labute approximate surface area is 125 Å². The van der Waals surface area contributed by atoms with E-state index in [2.05, 4.69) is 29.5 Å². The van der Waals surface area contributed by atoms with Crippen LogP contribution in [-0.4, -0.2) is 17.4 Å². The Kier molecular flexibility index (Phi) is 5.46. The molecular formula is C17H21N3O. The highest BCUT2D eigenvalue weighted by molar-refractivity contribution is 5.93. The van der Waals surface area contributed by atoms with Crippen molar-refractivity contribution in [1.82, 2.24) is 10.3 Å². The van der Waals surface area contributed by atoms with Crippen molar-refractivity contribution in [3.63, 3.8) is 0 Å². The van der Waals surface area contributed by atoms with Gasteiger partial charge in [-0.25, -0.2) is 0 Å². The Morgan fingerprint density at radius 2 is 2.00 bits per heavy atom. The van der Waals surface area contributed by atoms with Gasteiger partial charge in [0.05, 0.1) is 6.54 Å². The molecule has 4 nitrogen and oxygen atoms in total. The molecular weight excluding hydrogens is 262 g/mol. The van der Waals surface area contributed by atoms with Crippen molar-refractivity contribution in [2.75, 3.05) is 11.9 Å². The maximum Gasteiger partial charge on any atom is 0.238 e. The van der Waals surface area contributed by atoms with Crippen LogP contribution in [0.25, 0.3) is 0 Å². The molecule has 0 aliphatic heterocycles. The Balaban J connectivity index is 1.85. The first-order valence-corrected chi connectivity index (χ1v) is 7.15. The summed E-state index contributed by atoms with van der Waals surface area (Å²) >= 11 is 0. The van der Waals surface area contributed by atoms with Gasteiger partial charge in [0, 0.05) is 24.6 Å². The number of amides is 1. The largest absolute Gasteiger partial charge is 0.325 e. The standard InChI is InChI=1S/C17H21N3O/c1-13(2)15-7-3-4-8-16(15)20-17(21)12-19-11-14-6-5-9-18-10-14/h3-10,13,19H,11-12H2,1-2H3,(H,20,21). The fourth-order valence-corrected chi connectivity index (χ4v) is 2.13. The molecule has 1 amide bonds. The van der Waals surface area contributed by atoms with Gasteiger partial charge < -0.3 is 10.6 Å². The minimum Gasteiger partial charge on any atom is -0.325 e. The predicted molar refractivity (Wildman–Crippen MR) is 85.1 cm³/mol. The highest BCUT2D eigenvalue weighted by Crippen LogP contribution is 2.23. The van der Waals surface area contributed by atoms with E-state index in [-0.39, 0.29) is 12.5 Å². The summed E-state index contributed by atoms with van der Waals surface area (Å²) in [4.78, 5) is 16.0. The van der Waals surface area contributed by atoms with E-state index in [1.807, 2.05) is 36.4 Å². The Morgan fingerprint density at radius 1 is 1.19 bits per heavy atom. The summed E-state index contributed by atoms with van der Waals surface area (Å²) in [7, 11) is 0. The van der Waals surface area contributed by atoms with Gasteiger partial charge in [-0.15, -0.1) is 0 Å². The second-order valence-electron chi connectivity index (χ2n) is 5.25. The number of carbonyl (C=O) groups excluding carboxylic acids is 1. The number of carbonyl (C=O) groups is 1. The number of hydrogen-bond donors (Lipinski definition) is 2. The molecule has 0 aliphatic rings. The molecule has 0 spiro atoms. The molecule has 4 heteroatoms. The van der Waals surface area contributed by atoms with Crippen LogP contribution in [0.2, 0.25) is 0 Å². The van der Waals surface area contributed by atoms with Gasteiger partial charge in [0.1, 0.15) is 0 Å². The number of nitrogens with one attached hydrogen (secondary N) is 2. The van der Waals surface area contributed by atoms with Gasteiger partial charge in [0.15, 0.2) is 0 Å². The van der Waals surface area contributed by atoms with Crippen molar-refractivity contribution in [2.45, 2.75) is 26.3 Å². The summed E-state index contributed by atoms with van der Waals surface area (Å²) in [5.74, 6) is 0.344. The van der Waals surface area contributed by atoms with Crippen LogP contribution in [-0.2, 0) is 11.3 Å². The second-order valence-corrected chi connectivity index (χ2v) is 5.25. The van der Waals surface area contributed by atoms with E-state index in [1.54, 1.807) is 12.4 Å². The van der Waals surface area contributed by atoms with Crippen LogP contribution in [0.4, 0.5) is 5.69 Å². The first-order valence-electron chi connectivity index (χ1n) is 7.15. The lowest BCUT2D eigenvalue weighted by molar-refractivity contribution is -0.115. The average molecular weight is 283 g/mol. The molecule has 2 rings (SSSR count). The molecule has 0 unspecified atom stereocenters. The normalized spacial score (nSPS) is 10.6. The zero-order valence-electron chi connectivity index (χ0n) is 12.5. The van der Waals surface area contributed by atoms with E-state index in [9.17, 15) is 4.79 Å². The third-order valence-electron chi connectivity index (χ3n) is 3.19. The fraction of sp³-hybridized carbons (Fsp3) is 0.294. The van der Waals surface area contributed by atoms with E-state index >= 15 is 0 Å². The quantitative estimate of drug-likeness (QED) is 0.857. The van der Waals surface area contributed by atoms with Gasteiger partial charge in [-0.2, -0.15) is 0 Å². The lowest BCUT2D eigenvalue weighted by atomic mass is 10.0. The molecule has 2 N–H and O–H groups in total. The maximum absolute atomic E-state index is 12.0. The fourth-order valence-electron chi connectivity index (χ4n) is 2.13. The van der Waals surface area contributed by atoms with Gasteiger partial charge in [-0.1, -0.05) is 38.1 Å². The summed E-state index contributed by atoms with van der Waals surface area (Å²) in [6.45, 7) is 5.14. The third kappa shape index (κ3) is 4.68. The molecule has 0 bridgehead atoms. The van der Waals surface area contributed by atoms with Crippen LogP contribution in [0.5, 0.6) is 0 Å². The van der Waals surface area contributed by atoms with Crippen molar-refractivity contribution in [3.05, 3.63) is 59.9 Å². The van der Waals surface area contributed by atoms with Gasteiger partial charge in [0.25, 0.3) is 0 Å². The molecule has 0 saturated carbocycles. The molecule has 1 heterocycles. The molecule has 0 saturated heterocycles. The number of aromatic nitrogens is 1. The van der Waals surface area contributed by atoms with Gasteiger partial charge in [-0.3, -0.25) is 9.78 Å². The molecule has 0 atom stereocenters. The van der Waals surface area contributed by atoms with Gasteiger partial charge in [-0.05, 0) is 29.2 Å². The van der Waals surface area contributed by atoms with Crippen LogP contribution >= 0.6 is 0 Å². The van der Waals surface area contributed by atoms with Crippen molar-refractivity contribution in [1.29, 1.82) is 0 Å². The molecule has 21 heavy (non-hydrogen) atoms. The first-order chi connectivity index (χ1) is 10.2. The molecule has 110 valence electrons. The average Bonchev–Trinajstić information content (AvgIpc) is 2.48. The van der Waals surface area contributed by atoms with E-state index < -0.39 is 0 Å². The minimum absolute atomic E-state index is 0.0352. The van der Waals surface area contributed by atoms with Crippen molar-refractivity contribution < 1.29 is 4.79 Å². The van der Waals surface area contributed by atoms with E-state index in [0.29, 0.717) is 12.5 Å². The van der Waals surface area contributed by atoms with Crippen LogP contribution in [0.3, 0.4) is 0 Å². The highest BCUT2D eigenvalue weighted by Gasteiger charge is 2.08. The number of para-hydroxylation sites is 1. The lowest BCUT2D eigenvalue weighted by Crippen LogP contribution is -2.28. The Morgan fingerprint density at radius 3 is 2.71 bits per heavy atom. The minimum atomic E-state index is -0.0352. The van der Waals surface area contributed by atoms with Crippen molar-refractivity contribution in [2.24, 2.45) is 0 Å². The zero-order valence-corrected chi connectivity index (χ0v) is 12.5. The second kappa shape index (κ2) is 7.55. The predicted octanol–water partition coefficient (Wildman–Crippen LogP) is 2.93. The maximum atomic E-state index is 12.0. The number of pyridine rings is 1. The number of benzene rings is 1. The number of nitrogens with zero attached hydrogens (tertiary/aromatic N) is 1. The summed E-state index contributed by atoms with van der Waals surface area (Å²) in [5, 5.41) is 6.08. The first kappa shape index (κ1) is 15.2. The topological polar surface area (TPSA) is 54.0 Å². The van der Waals surface area contributed by atoms with Gasteiger partial charge >= 0.3 is 0 Å². The van der Waals surface area contributed by atoms with Crippen LogP contribution in [0, 0.1) is 0 Å². The van der Waals surface area contributed by atoms with Crippen LogP contribution < -0.4 is 10.6 Å². The molecule has 1 aromatic heterocycles. The zero-order chi connectivity index (χ0) is 15.1. The van der Waals surface area contributed by atoms with E-state index in [1.165, 1.54) is 0 Å². The monoisotopic (exact) mass is 283 g/mol.